The molecule has 6 rings (SSSR count). The zero-order chi connectivity index (χ0) is 29.4. The number of hydrogen-bond donors (Lipinski definition) is 4. The minimum atomic E-state index is -1.33. The Balaban J connectivity index is 1.20. The number of aromatic nitrogens is 4. The van der Waals surface area contributed by atoms with Crippen molar-refractivity contribution in [3.05, 3.63) is 77.1 Å². The molecule has 0 radical (unpaired) electrons. The van der Waals surface area contributed by atoms with Gasteiger partial charge in [0.2, 0.25) is 11.8 Å². The summed E-state index contributed by atoms with van der Waals surface area (Å²) in [5, 5.41) is 27.1. The van der Waals surface area contributed by atoms with Crippen molar-refractivity contribution < 1.29 is 14.9 Å². The van der Waals surface area contributed by atoms with Gasteiger partial charge in [-0.25, -0.2) is 4.68 Å². The van der Waals surface area contributed by atoms with Crippen molar-refractivity contribution in [3.63, 3.8) is 0 Å². The molecule has 5 N–H and O–H groups in total. The summed E-state index contributed by atoms with van der Waals surface area (Å²) in [6, 6.07) is 16.4. The molecule has 42 heavy (non-hydrogen) atoms. The maximum atomic E-state index is 9.59. The van der Waals surface area contributed by atoms with Crippen LogP contribution in [0.5, 0.6) is 5.88 Å². The van der Waals surface area contributed by atoms with Crippen LogP contribution >= 0.6 is 0 Å². The van der Waals surface area contributed by atoms with E-state index in [1.807, 2.05) is 29.9 Å². The zero-order valence-corrected chi connectivity index (χ0v) is 24.4. The molecule has 2 saturated heterocycles. The van der Waals surface area contributed by atoms with Crippen molar-refractivity contribution in [2.45, 2.75) is 59.0 Å². The Kier molecular flexibility index (Phi) is 7.61. The molecule has 10 nitrogen and oxygen atoms in total. The SMILES string of the molecule is Cc1ccn(-c2cc(-c3ccc(C)c(C)c3)ccc2COc2cc(N3CCC4(CC3)CNC(C(O)O)C4)nc(N)n2)n1. The number of aliphatic hydroxyl groups is 2. The predicted molar refractivity (Wildman–Crippen MR) is 163 cm³/mol. The lowest BCUT2D eigenvalue weighted by Gasteiger charge is -2.39. The Hall–Kier alpha value is -3.99. The van der Waals surface area contributed by atoms with Gasteiger partial charge in [-0.05, 0) is 79.8 Å². The molecule has 1 atom stereocenters. The summed E-state index contributed by atoms with van der Waals surface area (Å²) in [5.41, 5.74) is 13.8. The number of rotatable bonds is 7. The number of benzene rings is 2. The smallest absolute Gasteiger partial charge is 0.225 e. The Labute approximate surface area is 246 Å². The van der Waals surface area contributed by atoms with Gasteiger partial charge in [-0.3, -0.25) is 0 Å². The third kappa shape index (κ3) is 5.83. The van der Waals surface area contributed by atoms with E-state index in [1.54, 1.807) is 0 Å². The molecule has 0 aliphatic carbocycles. The fourth-order valence-corrected chi connectivity index (χ4v) is 6.13. The van der Waals surface area contributed by atoms with Crippen LogP contribution in [0.15, 0.2) is 54.7 Å². The molecule has 2 aliphatic heterocycles. The molecule has 220 valence electrons. The highest BCUT2D eigenvalue weighted by Gasteiger charge is 2.43. The first-order chi connectivity index (χ1) is 20.2. The van der Waals surface area contributed by atoms with Gasteiger partial charge in [0.05, 0.1) is 17.4 Å². The fraction of sp³-hybridized carbons (Fsp3) is 0.406. The molecule has 2 fully saturated rings. The highest BCUT2D eigenvalue weighted by Crippen LogP contribution is 2.41. The molecule has 1 spiro atoms. The molecule has 4 heterocycles. The van der Waals surface area contributed by atoms with Crippen LogP contribution in [0.25, 0.3) is 16.8 Å². The van der Waals surface area contributed by atoms with Crippen LogP contribution in [0.2, 0.25) is 0 Å². The number of nitrogens with zero attached hydrogens (tertiary/aromatic N) is 5. The Morgan fingerprint density at radius 3 is 2.45 bits per heavy atom. The minimum Gasteiger partial charge on any atom is -0.473 e. The van der Waals surface area contributed by atoms with E-state index in [2.05, 4.69) is 75.5 Å². The number of ether oxygens (including phenoxy) is 1. The first-order valence-electron chi connectivity index (χ1n) is 14.5. The Bertz CT molecular complexity index is 1580. The normalized spacial score (nSPS) is 18.2. The number of hydrogen-bond acceptors (Lipinski definition) is 9. The minimum absolute atomic E-state index is 0.0769. The number of nitrogen functional groups attached to an aromatic ring is 1. The lowest BCUT2D eigenvalue weighted by atomic mass is 9.76. The molecular formula is C32H39N7O3. The van der Waals surface area contributed by atoms with E-state index in [0.29, 0.717) is 5.88 Å². The van der Waals surface area contributed by atoms with Crippen molar-refractivity contribution in [1.82, 2.24) is 25.1 Å². The molecule has 2 aliphatic rings. The molecule has 2 aromatic heterocycles. The quantitative estimate of drug-likeness (QED) is 0.246. The summed E-state index contributed by atoms with van der Waals surface area (Å²) in [6.45, 7) is 8.91. The van der Waals surface area contributed by atoms with Gasteiger partial charge in [-0.1, -0.05) is 30.3 Å². The predicted octanol–water partition coefficient (Wildman–Crippen LogP) is 3.67. The zero-order valence-electron chi connectivity index (χ0n) is 24.4. The first-order valence-corrected chi connectivity index (χ1v) is 14.5. The molecule has 10 heteroatoms. The van der Waals surface area contributed by atoms with Crippen molar-refractivity contribution in [3.8, 4) is 22.7 Å². The van der Waals surface area contributed by atoms with Gasteiger partial charge in [0.15, 0.2) is 6.29 Å². The maximum absolute atomic E-state index is 9.59. The molecule has 4 aromatic rings. The van der Waals surface area contributed by atoms with Gasteiger partial charge in [0.1, 0.15) is 12.4 Å². The van der Waals surface area contributed by atoms with Crippen LogP contribution in [0, 0.1) is 26.2 Å². The Morgan fingerprint density at radius 2 is 1.76 bits per heavy atom. The lowest BCUT2D eigenvalue weighted by molar-refractivity contribution is -0.0649. The topological polar surface area (TPSA) is 135 Å². The van der Waals surface area contributed by atoms with Crippen molar-refractivity contribution in [2.24, 2.45) is 5.41 Å². The van der Waals surface area contributed by atoms with E-state index in [-0.39, 0.29) is 24.0 Å². The molecular weight excluding hydrogens is 530 g/mol. The van der Waals surface area contributed by atoms with E-state index in [9.17, 15) is 10.2 Å². The van der Waals surface area contributed by atoms with E-state index in [0.717, 1.165) is 72.8 Å². The van der Waals surface area contributed by atoms with Crippen molar-refractivity contribution in [1.29, 1.82) is 0 Å². The second-order valence-corrected chi connectivity index (χ2v) is 11.8. The van der Waals surface area contributed by atoms with Crippen LogP contribution in [0.1, 0.15) is 41.6 Å². The molecule has 1 unspecified atom stereocenters. The second-order valence-electron chi connectivity index (χ2n) is 11.8. The van der Waals surface area contributed by atoms with Gasteiger partial charge in [0, 0.05) is 37.5 Å². The van der Waals surface area contributed by atoms with Gasteiger partial charge in [-0.2, -0.15) is 15.1 Å². The van der Waals surface area contributed by atoms with E-state index in [1.165, 1.54) is 11.1 Å². The second kappa shape index (κ2) is 11.4. The Morgan fingerprint density at radius 1 is 1.00 bits per heavy atom. The lowest BCUT2D eigenvalue weighted by Crippen LogP contribution is -2.41. The average Bonchev–Trinajstić information content (AvgIpc) is 3.60. The first kappa shape index (κ1) is 28.1. The van der Waals surface area contributed by atoms with Gasteiger partial charge in [-0.15, -0.1) is 0 Å². The number of aryl methyl sites for hydroxylation is 3. The van der Waals surface area contributed by atoms with E-state index < -0.39 is 6.29 Å². The average molecular weight is 570 g/mol. The molecule has 0 bridgehead atoms. The third-order valence-corrected chi connectivity index (χ3v) is 8.88. The number of aliphatic hydroxyl groups excluding tert-OH is 1. The van der Waals surface area contributed by atoms with Crippen LogP contribution < -0.4 is 20.7 Å². The third-order valence-electron chi connectivity index (χ3n) is 8.88. The standard InChI is InChI=1S/C32H39N7O3/c1-20-4-5-23(14-21(20)2)24-6-7-25(27(15-24)39-11-8-22(3)37-39)18-42-29-16-28(35-31(33)36-29)38-12-9-32(10-13-38)17-26(30(40)41)34-19-32/h4-8,11,14-16,26,30,34,40-41H,9-10,12-13,17-19H2,1-3H3,(H2,33,35,36). The summed E-state index contributed by atoms with van der Waals surface area (Å²) < 4.78 is 8.11. The highest BCUT2D eigenvalue weighted by molar-refractivity contribution is 5.68. The summed E-state index contributed by atoms with van der Waals surface area (Å²) >= 11 is 0. The summed E-state index contributed by atoms with van der Waals surface area (Å²) in [6.07, 6.45) is 3.26. The summed E-state index contributed by atoms with van der Waals surface area (Å²) in [4.78, 5) is 11.1. The van der Waals surface area contributed by atoms with E-state index in [4.69, 9.17) is 10.5 Å². The number of nitrogens with two attached hydrogens (primary N) is 1. The van der Waals surface area contributed by atoms with Gasteiger partial charge < -0.3 is 30.9 Å². The number of nitrogens with one attached hydrogen (secondary N) is 1. The molecule has 0 amide bonds. The largest absolute Gasteiger partial charge is 0.473 e. The van der Waals surface area contributed by atoms with Crippen LogP contribution in [-0.4, -0.2) is 61.9 Å². The molecule has 0 saturated carbocycles. The van der Waals surface area contributed by atoms with Crippen LogP contribution in [-0.2, 0) is 6.61 Å². The van der Waals surface area contributed by atoms with Crippen LogP contribution in [0.4, 0.5) is 11.8 Å². The monoisotopic (exact) mass is 569 g/mol. The van der Waals surface area contributed by atoms with E-state index >= 15 is 0 Å². The van der Waals surface area contributed by atoms with Crippen molar-refractivity contribution >= 4 is 11.8 Å². The van der Waals surface area contributed by atoms with Gasteiger partial charge in [0.25, 0.3) is 0 Å². The summed E-state index contributed by atoms with van der Waals surface area (Å²) in [7, 11) is 0. The van der Waals surface area contributed by atoms with Gasteiger partial charge >= 0.3 is 0 Å². The van der Waals surface area contributed by atoms with Crippen LogP contribution in [0.3, 0.4) is 0 Å². The summed E-state index contributed by atoms with van der Waals surface area (Å²) in [5.74, 6) is 1.33. The highest BCUT2D eigenvalue weighted by atomic mass is 16.5. The number of anilines is 2. The van der Waals surface area contributed by atoms with Crippen molar-refractivity contribution in [2.75, 3.05) is 30.3 Å². The maximum Gasteiger partial charge on any atom is 0.225 e. The number of piperidine rings is 1. The molecule has 2 aromatic carbocycles. The fourth-order valence-electron chi connectivity index (χ4n) is 6.13.